The molecule has 1 saturated heterocycles. The van der Waals surface area contributed by atoms with Gasteiger partial charge >= 0.3 is 0 Å². The third kappa shape index (κ3) is 5.30. The lowest BCUT2D eigenvalue weighted by Crippen LogP contribution is -2.39. The molecule has 1 aliphatic rings. The number of halogens is 1. The highest BCUT2D eigenvalue weighted by Crippen LogP contribution is 2.15. The summed E-state index contributed by atoms with van der Waals surface area (Å²) in [6, 6.07) is 10.2. The van der Waals surface area contributed by atoms with Crippen LogP contribution in [-0.2, 0) is 11.3 Å². The van der Waals surface area contributed by atoms with Crippen LogP contribution in [-0.4, -0.2) is 48.4 Å². The summed E-state index contributed by atoms with van der Waals surface area (Å²) in [4.78, 5) is 16.5. The molecule has 2 rings (SSSR count). The van der Waals surface area contributed by atoms with Crippen LogP contribution in [0.4, 0.5) is 0 Å². The van der Waals surface area contributed by atoms with E-state index in [2.05, 4.69) is 17.0 Å². The molecule has 21 heavy (non-hydrogen) atoms. The van der Waals surface area contributed by atoms with Gasteiger partial charge in [0.05, 0.1) is 6.54 Å². The normalized spacial score (nSPS) is 18.3. The van der Waals surface area contributed by atoms with Crippen LogP contribution in [0.1, 0.15) is 18.9 Å². The number of rotatable bonds is 6. The summed E-state index contributed by atoms with van der Waals surface area (Å²) >= 11 is 0. The van der Waals surface area contributed by atoms with Crippen molar-refractivity contribution in [2.75, 3.05) is 32.7 Å². The van der Waals surface area contributed by atoms with E-state index in [1.165, 1.54) is 5.56 Å². The predicted octanol–water partition coefficient (Wildman–Crippen LogP) is 1.74. The number of nitrogens with zero attached hydrogens (tertiary/aromatic N) is 2. The molecule has 1 amide bonds. The SMILES string of the molecule is CCN(Cc1ccccc1)C(=O)CN1CCC(CN)C1.Cl. The minimum atomic E-state index is 0. The van der Waals surface area contributed by atoms with Gasteiger partial charge in [-0.05, 0) is 37.9 Å². The van der Waals surface area contributed by atoms with E-state index in [4.69, 9.17) is 5.73 Å². The first-order chi connectivity index (χ1) is 9.72. The minimum absolute atomic E-state index is 0. The smallest absolute Gasteiger partial charge is 0.237 e. The van der Waals surface area contributed by atoms with Crippen LogP contribution < -0.4 is 5.73 Å². The Hall–Kier alpha value is -1.10. The van der Waals surface area contributed by atoms with Crippen molar-refractivity contribution in [1.82, 2.24) is 9.80 Å². The lowest BCUT2D eigenvalue weighted by Gasteiger charge is -2.24. The molecule has 1 aromatic rings. The van der Waals surface area contributed by atoms with E-state index in [-0.39, 0.29) is 18.3 Å². The molecule has 118 valence electrons. The molecule has 0 aliphatic carbocycles. The van der Waals surface area contributed by atoms with E-state index >= 15 is 0 Å². The van der Waals surface area contributed by atoms with Crippen molar-refractivity contribution in [2.24, 2.45) is 11.7 Å². The summed E-state index contributed by atoms with van der Waals surface area (Å²) in [6.45, 7) is 6.70. The number of amides is 1. The zero-order valence-corrected chi connectivity index (χ0v) is 13.5. The van der Waals surface area contributed by atoms with Crippen LogP contribution in [0.3, 0.4) is 0 Å². The fraction of sp³-hybridized carbons (Fsp3) is 0.562. The molecular formula is C16H26ClN3O. The maximum Gasteiger partial charge on any atom is 0.237 e. The third-order valence-electron chi connectivity index (χ3n) is 4.01. The molecule has 0 bridgehead atoms. The molecule has 0 saturated carbocycles. The van der Waals surface area contributed by atoms with Gasteiger partial charge < -0.3 is 10.6 Å². The number of likely N-dealkylation sites (tertiary alicyclic amines) is 1. The summed E-state index contributed by atoms with van der Waals surface area (Å²) < 4.78 is 0. The maximum absolute atomic E-state index is 12.4. The molecule has 2 N–H and O–H groups in total. The third-order valence-corrected chi connectivity index (χ3v) is 4.01. The molecule has 1 aliphatic heterocycles. The van der Waals surface area contributed by atoms with Crippen molar-refractivity contribution in [3.05, 3.63) is 35.9 Å². The molecule has 5 heteroatoms. The summed E-state index contributed by atoms with van der Waals surface area (Å²) in [5.41, 5.74) is 6.88. The molecule has 0 spiro atoms. The number of benzene rings is 1. The fourth-order valence-electron chi connectivity index (χ4n) is 2.72. The van der Waals surface area contributed by atoms with E-state index < -0.39 is 0 Å². The van der Waals surface area contributed by atoms with Gasteiger partial charge in [0.15, 0.2) is 0 Å². The number of carbonyl (C=O) groups excluding carboxylic acids is 1. The largest absolute Gasteiger partial charge is 0.338 e. The van der Waals surface area contributed by atoms with Gasteiger partial charge in [0.25, 0.3) is 0 Å². The molecule has 1 unspecified atom stereocenters. The molecule has 1 aromatic carbocycles. The Balaban J connectivity index is 0.00000220. The molecule has 1 heterocycles. The van der Waals surface area contributed by atoms with E-state index in [0.717, 1.165) is 32.6 Å². The van der Waals surface area contributed by atoms with Gasteiger partial charge in [-0.3, -0.25) is 9.69 Å². The Labute approximate surface area is 133 Å². The Kier molecular flexibility index (Phi) is 7.72. The number of hydrogen-bond acceptors (Lipinski definition) is 3. The Morgan fingerprint density at radius 1 is 1.38 bits per heavy atom. The average molecular weight is 312 g/mol. The van der Waals surface area contributed by atoms with Gasteiger partial charge in [0.2, 0.25) is 5.91 Å². The van der Waals surface area contributed by atoms with Gasteiger partial charge in [-0.25, -0.2) is 0 Å². The van der Waals surface area contributed by atoms with Gasteiger partial charge in [-0.2, -0.15) is 0 Å². The van der Waals surface area contributed by atoms with Gasteiger partial charge in [0, 0.05) is 19.6 Å². The van der Waals surface area contributed by atoms with E-state index in [1.54, 1.807) is 0 Å². The first kappa shape index (κ1) is 18.0. The van der Waals surface area contributed by atoms with Crippen LogP contribution in [0.25, 0.3) is 0 Å². The lowest BCUT2D eigenvalue weighted by molar-refractivity contribution is -0.132. The van der Waals surface area contributed by atoms with Crippen molar-refractivity contribution in [1.29, 1.82) is 0 Å². The molecule has 1 atom stereocenters. The molecular weight excluding hydrogens is 286 g/mol. The lowest BCUT2D eigenvalue weighted by atomic mass is 10.1. The van der Waals surface area contributed by atoms with Crippen molar-refractivity contribution in [3.8, 4) is 0 Å². The number of nitrogens with two attached hydrogens (primary N) is 1. The van der Waals surface area contributed by atoms with Crippen molar-refractivity contribution in [3.63, 3.8) is 0 Å². The van der Waals surface area contributed by atoms with Crippen LogP contribution in [0, 0.1) is 5.92 Å². The van der Waals surface area contributed by atoms with Crippen molar-refractivity contribution < 1.29 is 4.79 Å². The topological polar surface area (TPSA) is 49.6 Å². The fourth-order valence-corrected chi connectivity index (χ4v) is 2.72. The Morgan fingerprint density at radius 2 is 2.10 bits per heavy atom. The summed E-state index contributed by atoms with van der Waals surface area (Å²) in [6.07, 6.45) is 1.12. The first-order valence-electron chi connectivity index (χ1n) is 7.47. The highest BCUT2D eigenvalue weighted by atomic mass is 35.5. The first-order valence-corrected chi connectivity index (χ1v) is 7.47. The molecule has 1 fully saturated rings. The second-order valence-corrected chi connectivity index (χ2v) is 5.52. The van der Waals surface area contributed by atoms with E-state index in [9.17, 15) is 4.79 Å². The van der Waals surface area contributed by atoms with Gasteiger partial charge in [-0.1, -0.05) is 30.3 Å². The summed E-state index contributed by atoms with van der Waals surface area (Å²) in [7, 11) is 0. The zero-order valence-electron chi connectivity index (χ0n) is 12.7. The molecule has 4 nitrogen and oxygen atoms in total. The van der Waals surface area contributed by atoms with Gasteiger partial charge in [0.1, 0.15) is 0 Å². The van der Waals surface area contributed by atoms with Gasteiger partial charge in [-0.15, -0.1) is 12.4 Å². The highest BCUT2D eigenvalue weighted by molar-refractivity contribution is 5.85. The standard InChI is InChI=1S/C16H25N3O.ClH/c1-2-19(12-14-6-4-3-5-7-14)16(20)13-18-9-8-15(10-17)11-18;/h3-7,15H,2,8-13,17H2,1H3;1H. The van der Waals surface area contributed by atoms with E-state index in [0.29, 0.717) is 19.0 Å². The molecule has 0 radical (unpaired) electrons. The predicted molar refractivity (Wildman–Crippen MR) is 88.4 cm³/mol. The van der Waals surface area contributed by atoms with Crippen molar-refractivity contribution >= 4 is 18.3 Å². The number of hydrogen-bond donors (Lipinski definition) is 1. The van der Waals surface area contributed by atoms with Crippen LogP contribution in [0.5, 0.6) is 0 Å². The quantitative estimate of drug-likeness (QED) is 0.870. The zero-order chi connectivity index (χ0) is 14.4. The second kappa shape index (κ2) is 9.03. The highest BCUT2D eigenvalue weighted by Gasteiger charge is 2.24. The second-order valence-electron chi connectivity index (χ2n) is 5.52. The molecule has 0 aromatic heterocycles. The minimum Gasteiger partial charge on any atom is -0.338 e. The number of carbonyl (C=O) groups is 1. The van der Waals surface area contributed by atoms with Crippen LogP contribution in [0.15, 0.2) is 30.3 Å². The summed E-state index contributed by atoms with van der Waals surface area (Å²) in [5.74, 6) is 0.779. The monoisotopic (exact) mass is 311 g/mol. The van der Waals surface area contributed by atoms with Crippen LogP contribution in [0.2, 0.25) is 0 Å². The van der Waals surface area contributed by atoms with Crippen molar-refractivity contribution in [2.45, 2.75) is 19.9 Å². The Morgan fingerprint density at radius 3 is 2.67 bits per heavy atom. The maximum atomic E-state index is 12.4. The van der Waals surface area contributed by atoms with Crippen LogP contribution >= 0.6 is 12.4 Å². The Bertz CT molecular complexity index is 427. The van der Waals surface area contributed by atoms with E-state index in [1.807, 2.05) is 30.0 Å². The average Bonchev–Trinajstić information content (AvgIpc) is 2.93. The number of likely N-dealkylation sites (N-methyl/N-ethyl adjacent to an activating group) is 1. The summed E-state index contributed by atoms with van der Waals surface area (Å²) in [5, 5.41) is 0.